The van der Waals surface area contributed by atoms with Crippen LogP contribution in [0.5, 0.6) is 0 Å². The van der Waals surface area contributed by atoms with E-state index in [9.17, 15) is 4.79 Å². The number of carbonyl (C=O) groups is 1. The zero-order chi connectivity index (χ0) is 14.7. The molecule has 20 heavy (non-hydrogen) atoms. The average molecular weight is 273 g/mol. The summed E-state index contributed by atoms with van der Waals surface area (Å²) in [5.74, 6) is -0.0839. The van der Waals surface area contributed by atoms with Crippen molar-refractivity contribution >= 4 is 5.97 Å². The molecule has 2 heterocycles. The van der Waals surface area contributed by atoms with E-state index in [1.807, 2.05) is 32.9 Å². The van der Waals surface area contributed by atoms with Gasteiger partial charge in [-0.05, 0) is 37.5 Å². The van der Waals surface area contributed by atoms with E-state index in [1.165, 1.54) is 0 Å². The van der Waals surface area contributed by atoms with Crippen molar-refractivity contribution in [1.29, 1.82) is 0 Å². The smallest absolute Gasteiger partial charge is 0.307 e. The molecule has 2 rings (SSSR count). The minimum absolute atomic E-state index is 0.0121. The third-order valence-electron chi connectivity index (χ3n) is 3.29. The molecule has 2 aromatic rings. The molecule has 0 unspecified atom stereocenters. The van der Waals surface area contributed by atoms with Gasteiger partial charge in [0.2, 0.25) is 0 Å². The second kappa shape index (κ2) is 5.86. The number of hydrogen-bond donors (Lipinski definition) is 1. The van der Waals surface area contributed by atoms with Crippen LogP contribution in [0.25, 0.3) is 5.82 Å². The van der Waals surface area contributed by atoms with Gasteiger partial charge >= 0.3 is 5.97 Å². The fraction of sp³-hybridized carbons (Fsp3) is 0.400. The van der Waals surface area contributed by atoms with Gasteiger partial charge in [-0.3, -0.25) is 4.79 Å². The molecule has 106 valence electrons. The highest BCUT2D eigenvalue weighted by Gasteiger charge is 2.19. The fourth-order valence-corrected chi connectivity index (χ4v) is 2.36. The molecule has 0 fully saturated rings. The van der Waals surface area contributed by atoms with Crippen molar-refractivity contribution < 1.29 is 9.90 Å². The molecule has 0 saturated heterocycles. The molecule has 5 nitrogen and oxygen atoms in total. The highest BCUT2D eigenvalue weighted by molar-refractivity contribution is 5.71. The first-order valence-corrected chi connectivity index (χ1v) is 6.81. The second-order valence-corrected chi connectivity index (χ2v) is 4.75. The van der Waals surface area contributed by atoms with Crippen LogP contribution in [0.1, 0.15) is 36.4 Å². The van der Waals surface area contributed by atoms with Crippen molar-refractivity contribution in [3.05, 3.63) is 40.8 Å². The lowest BCUT2D eigenvalue weighted by Crippen LogP contribution is -2.07. The normalized spacial score (nSPS) is 10.8. The second-order valence-electron chi connectivity index (χ2n) is 4.75. The lowest BCUT2D eigenvalue weighted by Gasteiger charge is -2.06. The summed E-state index contributed by atoms with van der Waals surface area (Å²) in [6, 6.07) is 3.88. The van der Waals surface area contributed by atoms with Crippen molar-refractivity contribution in [2.45, 2.75) is 40.0 Å². The molecule has 0 bridgehead atoms. The fourth-order valence-electron chi connectivity index (χ4n) is 2.36. The van der Waals surface area contributed by atoms with E-state index in [-0.39, 0.29) is 6.42 Å². The Balaban J connectivity index is 2.59. The number of nitrogens with zero attached hydrogens (tertiary/aromatic N) is 3. The first kappa shape index (κ1) is 14.2. The van der Waals surface area contributed by atoms with Gasteiger partial charge in [0.1, 0.15) is 0 Å². The van der Waals surface area contributed by atoms with Crippen molar-refractivity contribution in [1.82, 2.24) is 14.8 Å². The summed E-state index contributed by atoms with van der Waals surface area (Å²) >= 11 is 0. The maximum Gasteiger partial charge on any atom is 0.307 e. The Morgan fingerprint density at radius 1 is 1.35 bits per heavy atom. The molecular formula is C15H19N3O2. The molecule has 0 aliphatic heterocycles. The highest BCUT2D eigenvalue weighted by atomic mass is 16.4. The number of carboxylic acids is 1. The minimum Gasteiger partial charge on any atom is -0.481 e. The molecule has 0 radical (unpaired) electrons. The number of pyridine rings is 1. The van der Waals surface area contributed by atoms with Gasteiger partial charge in [-0.1, -0.05) is 13.8 Å². The number of aromatic nitrogens is 3. The standard InChI is InChI=1S/C15H19N3O2/c1-4-12-11(9-15(19)20)13(5-2)18(17-12)14-8-10(3)6-7-16-14/h6-8H,4-5,9H2,1-3H3,(H,19,20). The van der Waals surface area contributed by atoms with Crippen LogP contribution < -0.4 is 0 Å². The third-order valence-corrected chi connectivity index (χ3v) is 3.29. The van der Waals surface area contributed by atoms with Crippen LogP contribution in [-0.2, 0) is 24.1 Å². The summed E-state index contributed by atoms with van der Waals surface area (Å²) in [7, 11) is 0. The summed E-state index contributed by atoms with van der Waals surface area (Å²) < 4.78 is 1.78. The molecule has 0 spiro atoms. The minimum atomic E-state index is -0.828. The molecule has 1 N–H and O–H groups in total. The third kappa shape index (κ3) is 2.71. The number of aliphatic carboxylic acids is 1. The van der Waals surface area contributed by atoms with Crippen molar-refractivity contribution in [3.8, 4) is 5.82 Å². The molecule has 0 amide bonds. The molecule has 0 atom stereocenters. The molecule has 5 heteroatoms. The summed E-state index contributed by atoms with van der Waals surface area (Å²) in [4.78, 5) is 15.4. The van der Waals surface area contributed by atoms with E-state index in [0.717, 1.165) is 34.8 Å². The van der Waals surface area contributed by atoms with Gasteiger partial charge in [0.05, 0.1) is 12.1 Å². The topological polar surface area (TPSA) is 68.0 Å². The van der Waals surface area contributed by atoms with Gasteiger partial charge in [0.25, 0.3) is 0 Å². The van der Waals surface area contributed by atoms with E-state index in [0.29, 0.717) is 6.42 Å². The van der Waals surface area contributed by atoms with Crippen LogP contribution in [0, 0.1) is 6.92 Å². The highest BCUT2D eigenvalue weighted by Crippen LogP contribution is 2.20. The maximum atomic E-state index is 11.1. The molecule has 0 saturated carbocycles. The predicted octanol–water partition coefficient (Wildman–Crippen LogP) is 2.33. The zero-order valence-corrected chi connectivity index (χ0v) is 12.1. The average Bonchev–Trinajstić information content (AvgIpc) is 2.75. The lowest BCUT2D eigenvalue weighted by molar-refractivity contribution is -0.136. The molecule has 0 aliphatic rings. The van der Waals surface area contributed by atoms with Crippen molar-refractivity contribution in [2.75, 3.05) is 0 Å². The van der Waals surface area contributed by atoms with Gasteiger partial charge in [-0.25, -0.2) is 9.67 Å². The largest absolute Gasteiger partial charge is 0.481 e. The Bertz CT molecular complexity index is 632. The van der Waals surface area contributed by atoms with Crippen LogP contribution in [0.4, 0.5) is 0 Å². The van der Waals surface area contributed by atoms with Gasteiger partial charge in [0, 0.05) is 17.5 Å². The Morgan fingerprint density at radius 3 is 2.65 bits per heavy atom. The monoisotopic (exact) mass is 273 g/mol. The molecule has 2 aromatic heterocycles. The first-order chi connectivity index (χ1) is 9.56. The van der Waals surface area contributed by atoms with E-state index < -0.39 is 5.97 Å². The van der Waals surface area contributed by atoms with E-state index in [4.69, 9.17) is 5.11 Å². The quantitative estimate of drug-likeness (QED) is 0.907. The maximum absolute atomic E-state index is 11.1. The first-order valence-electron chi connectivity index (χ1n) is 6.81. The van der Waals surface area contributed by atoms with Crippen LogP contribution in [-0.4, -0.2) is 25.8 Å². The Kier molecular flexibility index (Phi) is 4.17. The van der Waals surface area contributed by atoms with Gasteiger partial charge in [-0.2, -0.15) is 5.10 Å². The number of rotatable bonds is 5. The molecular weight excluding hydrogens is 254 g/mol. The van der Waals surface area contributed by atoms with Crippen LogP contribution in [0.15, 0.2) is 18.3 Å². The van der Waals surface area contributed by atoms with E-state index in [2.05, 4.69) is 10.1 Å². The number of aryl methyl sites for hydroxylation is 2. The summed E-state index contributed by atoms with van der Waals surface area (Å²) in [5.41, 5.74) is 3.70. The summed E-state index contributed by atoms with van der Waals surface area (Å²) in [5, 5.41) is 13.6. The SMILES string of the molecule is CCc1nn(-c2cc(C)ccn2)c(CC)c1CC(=O)O. The lowest BCUT2D eigenvalue weighted by atomic mass is 10.1. The molecule has 0 aliphatic carbocycles. The van der Waals surface area contributed by atoms with Crippen molar-refractivity contribution in [2.24, 2.45) is 0 Å². The summed E-state index contributed by atoms with van der Waals surface area (Å²) in [6.07, 6.45) is 3.20. The molecule has 0 aromatic carbocycles. The Hall–Kier alpha value is -2.17. The summed E-state index contributed by atoms with van der Waals surface area (Å²) in [6.45, 7) is 5.99. The predicted molar refractivity (Wildman–Crippen MR) is 76.2 cm³/mol. The van der Waals surface area contributed by atoms with Crippen LogP contribution in [0.3, 0.4) is 0 Å². The van der Waals surface area contributed by atoms with Gasteiger partial charge < -0.3 is 5.11 Å². The van der Waals surface area contributed by atoms with Crippen molar-refractivity contribution in [3.63, 3.8) is 0 Å². The number of hydrogen-bond acceptors (Lipinski definition) is 3. The van der Waals surface area contributed by atoms with Gasteiger partial charge in [0.15, 0.2) is 5.82 Å². The van der Waals surface area contributed by atoms with Crippen LogP contribution in [0.2, 0.25) is 0 Å². The zero-order valence-electron chi connectivity index (χ0n) is 12.1. The van der Waals surface area contributed by atoms with E-state index >= 15 is 0 Å². The van der Waals surface area contributed by atoms with Gasteiger partial charge in [-0.15, -0.1) is 0 Å². The Labute approximate surface area is 118 Å². The number of carboxylic acid groups (broad SMARTS) is 1. The van der Waals surface area contributed by atoms with E-state index in [1.54, 1.807) is 10.9 Å². The Morgan fingerprint density at radius 2 is 2.10 bits per heavy atom. The van der Waals surface area contributed by atoms with Crippen LogP contribution >= 0.6 is 0 Å².